The second kappa shape index (κ2) is 12.1. The Morgan fingerprint density at radius 1 is 1.03 bits per heavy atom. The number of rotatable bonds is 10. The van der Waals surface area contributed by atoms with Crippen LogP contribution in [0.2, 0.25) is 0 Å². The summed E-state index contributed by atoms with van der Waals surface area (Å²) >= 11 is 4.17. The molecule has 0 atom stereocenters. The van der Waals surface area contributed by atoms with Crippen LogP contribution in [0, 0.1) is 3.57 Å². The Hall–Kier alpha value is -1.26. The van der Waals surface area contributed by atoms with E-state index >= 15 is 0 Å². The van der Waals surface area contributed by atoms with Crippen molar-refractivity contribution in [2.45, 2.75) is 48.7 Å². The number of hydrogen-bond donors (Lipinski definition) is 1. The van der Waals surface area contributed by atoms with Crippen LogP contribution in [-0.2, 0) is 14.8 Å². The molecule has 1 fully saturated rings. The fraction of sp³-hybridized carbons (Fsp3) is 0.435. The summed E-state index contributed by atoms with van der Waals surface area (Å²) in [6.45, 7) is 0.318. The number of hydrogen-bond acceptors (Lipinski definition) is 4. The van der Waals surface area contributed by atoms with Gasteiger partial charge in [-0.05, 0) is 84.0 Å². The van der Waals surface area contributed by atoms with Crippen LogP contribution in [0.25, 0.3) is 0 Å². The molecule has 0 unspecified atom stereocenters. The fourth-order valence-electron chi connectivity index (χ4n) is 3.61. The van der Waals surface area contributed by atoms with Gasteiger partial charge in [-0.15, -0.1) is 0 Å². The first-order chi connectivity index (χ1) is 15.0. The Bertz CT molecular complexity index is 931. The van der Waals surface area contributed by atoms with E-state index in [1.54, 1.807) is 42.5 Å². The first-order valence-electron chi connectivity index (χ1n) is 10.7. The smallest absolute Gasteiger partial charge is 0.264 e. The van der Waals surface area contributed by atoms with Gasteiger partial charge in [-0.2, -0.15) is 11.8 Å². The maximum Gasteiger partial charge on any atom is 0.264 e. The van der Waals surface area contributed by atoms with E-state index in [4.69, 9.17) is 0 Å². The molecule has 0 heterocycles. The molecule has 2 aromatic rings. The highest BCUT2D eigenvalue weighted by atomic mass is 127. The number of nitrogens with one attached hydrogen (secondary N) is 1. The van der Waals surface area contributed by atoms with Crippen LogP contribution in [-0.4, -0.2) is 38.4 Å². The molecule has 1 saturated carbocycles. The third-order valence-electron chi connectivity index (χ3n) is 5.28. The van der Waals surface area contributed by atoms with Crippen molar-refractivity contribution in [3.05, 3.63) is 58.2 Å². The van der Waals surface area contributed by atoms with Crippen molar-refractivity contribution in [1.82, 2.24) is 5.32 Å². The van der Waals surface area contributed by atoms with Crippen molar-refractivity contribution in [2.24, 2.45) is 0 Å². The Balaban J connectivity index is 1.59. The van der Waals surface area contributed by atoms with Crippen LogP contribution >= 0.6 is 34.4 Å². The van der Waals surface area contributed by atoms with E-state index in [2.05, 4.69) is 27.9 Å². The second-order valence-corrected chi connectivity index (χ2v) is 12.2. The highest BCUT2D eigenvalue weighted by molar-refractivity contribution is 14.1. The van der Waals surface area contributed by atoms with Gasteiger partial charge in [0.25, 0.3) is 10.0 Å². The second-order valence-electron chi connectivity index (χ2n) is 7.64. The number of nitrogens with zero attached hydrogens (tertiary/aromatic N) is 1. The predicted octanol–water partition coefficient (Wildman–Crippen LogP) is 5.06. The van der Waals surface area contributed by atoms with E-state index < -0.39 is 10.0 Å². The van der Waals surface area contributed by atoms with Gasteiger partial charge in [0, 0.05) is 15.4 Å². The van der Waals surface area contributed by atoms with E-state index in [-0.39, 0.29) is 17.3 Å². The number of carbonyl (C=O) groups excluding carboxylic acids is 1. The standard InChI is InChI=1S/C23H29IN2O3S2/c24-19-12-14-20(15-13-19)26(31(28,29)22-10-5-2-6-11-22)18-23(27)25-16-7-17-30-21-8-3-1-4-9-21/h2,5-6,10-15,21H,1,3-4,7-9,16-18H2,(H,25,27). The van der Waals surface area contributed by atoms with E-state index in [9.17, 15) is 13.2 Å². The van der Waals surface area contributed by atoms with Gasteiger partial charge >= 0.3 is 0 Å². The summed E-state index contributed by atoms with van der Waals surface area (Å²) in [5.74, 6) is 0.731. The van der Waals surface area contributed by atoms with Crippen molar-refractivity contribution in [1.29, 1.82) is 0 Å². The molecule has 0 saturated heterocycles. The van der Waals surface area contributed by atoms with Gasteiger partial charge in [-0.25, -0.2) is 8.42 Å². The van der Waals surface area contributed by atoms with Gasteiger partial charge in [0.05, 0.1) is 10.6 Å². The van der Waals surface area contributed by atoms with Crippen molar-refractivity contribution in [3.63, 3.8) is 0 Å². The summed E-state index contributed by atoms with van der Waals surface area (Å²) in [6, 6.07) is 15.4. The molecule has 0 aliphatic heterocycles. The number of anilines is 1. The fourth-order valence-corrected chi connectivity index (χ4v) is 6.72. The van der Waals surface area contributed by atoms with Crippen LogP contribution in [0.4, 0.5) is 5.69 Å². The van der Waals surface area contributed by atoms with E-state index in [0.29, 0.717) is 12.2 Å². The molecule has 3 rings (SSSR count). The molecule has 0 radical (unpaired) electrons. The molecule has 0 bridgehead atoms. The minimum atomic E-state index is -3.85. The first-order valence-corrected chi connectivity index (χ1v) is 14.3. The Morgan fingerprint density at radius 2 is 1.71 bits per heavy atom. The van der Waals surface area contributed by atoms with Crippen LogP contribution < -0.4 is 9.62 Å². The highest BCUT2D eigenvalue weighted by Gasteiger charge is 2.27. The van der Waals surface area contributed by atoms with Gasteiger partial charge in [-0.1, -0.05) is 37.5 Å². The van der Waals surface area contributed by atoms with Gasteiger partial charge in [0.2, 0.25) is 5.91 Å². The van der Waals surface area contributed by atoms with E-state index in [1.165, 1.54) is 36.4 Å². The summed E-state index contributed by atoms with van der Waals surface area (Å²) in [5, 5.41) is 3.66. The Labute approximate surface area is 203 Å². The van der Waals surface area contributed by atoms with Crippen LogP contribution in [0.5, 0.6) is 0 Å². The topological polar surface area (TPSA) is 66.5 Å². The molecule has 1 N–H and O–H groups in total. The maximum absolute atomic E-state index is 13.2. The van der Waals surface area contributed by atoms with Crippen LogP contribution in [0.1, 0.15) is 38.5 Å². The van der Waals surface area contributed by atoms with E-state index in [0.717, 1.165) is 21.0 Å². The first kappa shape index (κ1) is 24.4. The Morgan fingerprint density at radius 3 is 2.39 bits per heavy atom. The lowest BCUT2D eigenvalue weighted by atomic mass is 10.0. The van der Waals surface area contributed by atoms with Crippen LogP contribution in [0.15, 0.2) is 59.5 Å². The lowest BCUT2D eigenvalue weighted by molar-refractivity contribution is -0.119. The van der Waals surface area contributed by atoms with Crippen LogP contribution in [0.3, 0.4) is 0 Å². The minimum Gasteiger partial charge on any atom is -0.354 e. The zero-order chi connectivity index (χ0) is 22.1. The molecule has 8 heteroatoms. The molecule has 2 aromatic carbocycles. The Kier molecular flexibility index (Phi) is 9.52. The molecule has 31 heavy (non-hydrogen) atoms. The molecule has 5 nitrogen and oxygen atoms in total. The summed E-state index contributed by atoms with van der Waals surface area (Å²) in [6.07, 6.45) is 7.52. The number of halogens is 1. The minimum absolute atomic E-state index is 0.172. The third kappa shape index (κ3) is 7.39. The molecular weight excluding hydrogens is 543 g/mol. The number of amides is 1. The average molecular weight is 573 g/mol. The summed E-state index contributed by atoms with van der Waals surface area (Å²) < 4.78 is 28.7. The van der Waals surface area contributed by atoms with Gasteiger partial charge in [0.1, 0.15) is 6.54 Å². The predicted molar refractivity (Wildman–Crippen MR) is 137 cm³/mol. The number of sulfonamides is 1. The average Bonchev–Trinajstić information content (AvgIpc) is 2.79. The molecule has 1 aliphatic carbocycles. The largest absolute Gasteiger partial charge is 0.354 e. The van der Waals surface area contributed by atoms with Gasteiger partial charge < -0.3 is 5.32 Å². The zero-order valence-electron chi connectivity index (χ0n) is 17.5. The third-order valence-corrected chi connectivity index (χ3v) is 9.26. The normalized spacial score (nSPS) is 14.9. The summed E-state index contributed by atoms with van der Waals surface area (Å²) in [5.41, 5.74) is 0.479. The van der Waals surface area contributed by atoms with Crippen molar-refractivity contribution in [3.8, 4) is 0 Å². The van der Waals surface area contributed by atoms with E-state index in [1.807, 2.05) is 23.9 Å². The number of benzene rings is 2. The summed E-state index contributed by atoms with van der Waals surface area (Å²) in [7, 11) is -3.85. The number of carbonyl (C=O) groups is 1. The zero-order valence-corrected chi connectivity index (χ0v) is 21.3. The summed E-state index contributed by atoms with van der Waals surface area (Å²) in [4.78, 5) is 12.8. The molecular formula is C23H29IN2O3S2. The van der Waals surface area contributed by atoms with Crippen molar-refractivity contribution in [2.75, 3.05) is 23.1 Å². The number of thioether (sulfide) groups is 1. The van der Waals surface area contributed by atoms with Gasteiger partial charge in [-0.3, -0.25) is 9.10 Å². The quantitative estimate of drug-likeness (QED) is 0.320. The lowest BCUT2D eigenvalue weighted by Gasteiger charge is -2.24. The highest BCUT2D eigenvalue weighted by Crippen LogP contribution is 2.28. The molecule has 1 aliphatic rings. The molecule has 168 valence electrons. The molecule has 0 aromatic heterocycles. The molecule has 0 spiro atoms. The molecule has 1 amide bonds. The SMILES string of the molecule is O=C(CN(c1ccc(I)cc1)S(=O)(=O)c1ccccc1)NCCCSC1CCCCC1. The van der Waals surface area contributed by atoms with Gasteiger partial charge in [0.15, 0.2) is 0 Å². The van der Waals surface area contributed by atoms with Crippen molar-refractivity contribution < 1.29 is 13.2 Å². The lowest BCUT2D eigenvalue weighted by Crippen LogP contribution is -2.41. The monoisotopic (exact) mass is 572 g/mol. The maximum atomic E-state index is 13.2. The van der Waals surface area contributed by atoms with Crippen molar-refractivity contribution >= 4 is 56.0 Å².